The first-order chi connectivity index (χ1) is 13.5. The SMILES string of the molecule is CN(C)c1ccc(/C=N\Nc2nc(SCC(=O)c3ccc(F)cc3)n[nH]2)cc1. The minimum absolute atomic E-state index is 0.122. The molecule has 0 amide bonds. The number of hydrazone groups is 1. The molecule has 2 aromatic carbocycles. The van der Waals surface area contributed by atoms with Gasteiger partial charge in [0.15, 0.2) is 5.78 Å². The number of Topliss-reactive ketones (excluding diaryl/α,β-unsaturated/α-hetero) is 1. The van der Waals surface area contributed by atoms with Crippen LogP contribution in [0.15, 0.2) is 58.8 Å². The molecule has 7 nitrogen and oxygen atoms in total. The molecule has 0 unspecified atom stereocenters. The number of thioether (sulfide) groups is 1. The summed E-state index contributed by atoms with van der Waals surface area (Å²) in [6, 6.07) is 13.4. The van der Waals surface area contributed by atoms with Crippen molar-refractivity contribution >= 4 is 35.4 Å². The van der Waals surface area contributed by atoms with E-state index < -0.39 is 0 Å². The quantitative estimate of drug-likeness (QED) is 0.262. The summed E-state index contributed by atoms with van der Waals surface area (Å²) in [5.74, 6) is 0.0363. The maximum absolute atomic E-state index is 12.9. The molecule has 0 radical (unpaired) electrons. The van der Waals surface area contributed by atoms with Gasteiger partial charge in [-0.25, -0.2) is 14.9 Å². The summed E-state index contributed by atoms with van der Waals surface area (Å²) in [5, 5.41) is 11.3. The highest BCUT2D eigenvalue weighted by Gasteiger charge is 2.09. The van der Waals surface area contributed by atoms with Gasteiger partial charge in [-0.05, 0) is 42.0 Å². The predicted molar refractivity (Wildman–Crippen MR) is 110 cm³/mol. The third kappa shape index (κ3) is 5.40. The zero-order chi connectivity index (χ0) is 19.9. The first-order valence-electron chi connectivity index (χ1n) is 8.42. The van der Waals surface area contributed by atoms with Crippen LogP contribution in [0.3, 0.4) is 0 Å². The number of hydrogen-bond acceptors (Lipinski definition) is 7. The molecule has 144 valence electrons. The molecule has 3 aromatic rings. The highest BCUT2D eigenvalue weighted by atomic mass is 32.2. The number of rotatable bonds is 8. The highest BCUT2D eigenvalue weighted by molar-refractivity contribution is 7.99. The Balaban J connectivity index is 1.49. The van der Waals surface area contributed by atoms with Crippen molar-refractivity contribution in [2.24, 2.45) is 5.10 Å². The number of carbonyl (C=O) groups excluding carboxylic acids is 1. The lowest BCUT2D eigenvalue weighted by Gasteiger charge is -2.11. The Kier molecular flexibility index (Phi) is 6.38. The molecule has 3 rings (SSSR count). The van der Waals surface area contributed by atoms with E-state index in [1.165, 1.54) is 36.0 Å². The van der Waals surface area contributed by atoms with E-state index in [1.807, 2.05) is 43.3 Å². The number of halogens is 1. The van der Waals surface area contributed by atoms with Gasteiger partial charge in [-0.15, -0.1) is 5.10 Å². The maximum Gasteiger partial charge on any atom is 0.240 e. The van der Waals surface area contributed by atoms with E-state index in [4.69, 9.17) is 0 Å². The fourth-order valence-electron chi connectivity index (χ4n) is 2.24. The average molecular weight is 398 g/mol. The van der Waals surface area contributed by atoms with Crippen LogP contribution in [0, 0.1) is 5.82 Å². The molecule has 0 aliphatic carbocycles. The zero-order valence-electron chi connectivity index (χ0n) is 15.4. The molecule has 0 spiro atoms. The first-order valence-corrected chi connectivity index (χ1v) is 9.40. The Morgan fingerprint density at radius 1 is 1.21 bits per heavy atom. The van der Waals surface area contributed by atoms with Crippen molar-refractivity contribution in [3.05, 3.63) is 65.5 Å². The number of nitrogens with zero attached hydrogens (tertiary/aromatic N) is 4. The minimum Gasteiger partial charge on any atom is -0.378 e. The molecule has 28 heavy (non-hydrogen) atoms. The molecule has 0 saturated heterocycles. The molecule has 0 fully saturated rings. The number of ketones is 1. The summed E-state index contributed by atoms with van der Waals surface area (Å²) in [6.07, 6.45) is 1.67. The van der Waals surface area contributed by atoms with E-state index >= 15 is 0 Å². The Morgan fingerprint density at radius 2 is 1.93 bits per heavy atom. The van der Waals surface area contributed by atoms with Crippen LogP contribution in [0.1, 0.15) is 15.9 Å². The molecule has 0 aliphatic rings. The van der Waals surface area contributed by atoms with Crippen LogP contribution in [0.25, 0.3) is 0 Å². The Morgan fingerprint density at radius 3 is 2.61 bits per heavy atom. The lowest BCUT2D eigenvalue weighted by Crippen LogP contribution is -2.08. The van der Waals surface area contributed by atoms with Crippen LogP contribution in [-0.4, -0.2) is 47.0 Å². The van der Waals surface area contributed by atoms with Crippen molar-refractivity contribution in [3.63, 3.8) is 0 Å². The Labute approximate surface area is 166 Å². The smallest absolute Gasteiger partial charge is 0.240 e. The molecule has 1 aromatic heterocycles. The van der Waals surface area contributed by atoms with Crippen molar-refractivity contribution in [1.82, 2.24) is 15.2 Å². The third-order valence-electron chi connectivity index (χ3n) is 3.76. The second-order valence-corrected chi connectivity index (χ2v) is 6.98. The van der Waals surface area contributed by atoms with Gasteiger partial charge >= 0.3 is 0 Å². The van der Waals surface area contributed by atoms with Gasteiger partial charge in [-0.1, -0.05) is 23.9 Å². The van der Waals surface area contributed by atoms with Crippen LogP contribution < -0.4 is 10.3 Å². The van der Waals surface area contributed by atoms with Gasteiger partial charge in [0, 0.05) is 25.3 Å². The van der Waals surface area contributed by atoms with Gasteiger partial charge in [-0.2, -0.15) is 10.1 Å². The van der Waals surface area contributed by atoms with Gasteiger partial charge < -0.3 is 4.90 Å². The summed E-state index contributed by atoms with van der Waals surface area (Å²) in [5.41, 5.74) is 5.27. The largest absolute Gasteiger partial charge is 0.378 e. The average Bonchev–Trinajstić information content (AvgIpc) is 3.15. The Bertz CT molecular complexity index is 953. The molecule has 0 saturated carbocycles. The molecule has 2 N–H and O–H groups in total. The highest BCUT2D eigenvalue weighted by Crippen LogP contribution is 2.16. The molecular formula is C19H19FN6OS. The summed E-state index contributed by atoms with van der Waals surface area (Å²) in [7, 11) is 3.97. The zero-order valence-corrected chi connectivity index (χ0v) is 16.2. The van der Waals surface area contributed by atoms with Crippen LogP contribution >= 0.6 is 11.8 Å². The van der Waals surface area contributed by atoms with E-state index in [0.29, 0.717) is 16.7 Å². The Hall–Kier alpha value is -3.20. The van der Waals surface area contributed by atoms with Crippen molar-refractivity contribution in [2.45, 2.75) is 5.16 Å². The van der Waals surface area contributed by atoms with Gasteiger partial charge in [0.2, 0.25) is 11.1 Å². The number of anilines is 2. The van der Waals surface area contributed by atoms with Crippen molar-refractivity contribution in [1.29, 1.82) is 0 Å². The fraction of sp³-hybridized carbons (Fsp3) is 0.158. The van der Waals surface area contributed by atoms with E-state index in [-0.39, 0.29) is 17.4 Å². The summed E-state index contributed by atoms with van der Waals surface area (Å²) >= 11 is 1.19. The van der Waals surface area contributed by atoms with Crippen molar-refractivity contribution < 1.29 is 9.18 Å². The standard InChI is InChI=1S/C19H19FN6OS/c1-26(2)16-9-3-13(4-10-16)11-21-23-18-22-19(25-24-18)28-12-17(27)14-5-7-15(20)8-6-14/h3-11H,12H2,1-2H3,(H2,22,23,24,25)/b21-11-. The van der Waals surface area contributed by atoms with Gasteiger partial charge in [0.25, 0.3) is 0 Å². The molecule has 1 heterocycles. The van der Waals surface area contributed by atoms with Crippen LogP contribution in [0.2, 0.25) is 0 Å². The topological polar surface area (TPSA) is 86.3 Å². The number of carbonyl (C=O) groups is 1. The monoisotopic (exact) mass is 398 g/mol. The first kappa shape index (κ1) is 19.6. The second kappa shape index (κ2) is 9.14. The number of benzene rings is 2. The lowest BCUT2D eigenvalue weighted by molar-refractivity contribution is 0.102. The molecule has 0 aliphatic heterocycles. The minimum atomic E-state index is -0.372. The molecule has 9 heteroatoms. The third-order valence-corrected chi connectivity index (χ3v) is 4.60. The normalized spacial score (nSPS) is 11.0. The lowest BCUT2D eigenvalue weighted by atomic mass is 10.1. The van der Waals surface area contributed by atoms with Gasteiger partial charge in [0.1, 0.15) is 5.82 Å². The van der Waals surface area contributed by atoms with Gasteiger partial charge in [-0.3, -0.25) is 4.79 Å². The van der Waals surface area contributed by atoms with Crippen LogP contribution in [0.4, 0.5) is 16.0 Å². The number of hydrogen-bond donors (Lipinski definition) is 2. The second-order valence-electron chi connectivity index (χ2n) is 6.04. The van der Waals surface area contributed by atoms with Crippen molar-refractivity contribution in [2.75, 3.05) is 30.2 Å². The van der Waals surface area contributed by atoms with Crippen LogP contribution in [0.5, 0.6) is 0 Å². The number of H-pyrrole nitrogens is 1. The van der Waals surface area contributed by atoms with Crippen molar-refractivity contribution in [3.8, 4) is 0 Å². The van der Waals surface area contributed by atoms with E-state index in [2.05, 4.69) is 25.7 Å². The van der Waals surface area contributed by atoms with E-state index in [0.717, 1.165) is 11.3 Å². The molecule has 0 atom stereocenters. The molecule has 0 bridgehead atoms. The summed E-state index contributed by atoms with van der Waals surface area (Å²) in [6.45, 7) is 0. The number of aromatic amines is 1. The van der Waals surface area contributed by atoms with Gasteiger partial charge in [0.05, 0.1) is 12.0 Å². The predicted octanol–water partition coefficient (Wildman–Crippen LogP) is 3.43. The molecular weight excluding hydrogens is 379 g/mol. The number of nitrogens with one attached hydrogen (secondary N) is 2. The maximum atomic E-state index is 12.9. The number of aromatic nitrogens is 3. The van der Waals surface area contributed by atoms with E-state index in [1.54, 1.807) is 6.21 Å². The fourth-order valence-corrected chi connectivity index (χ4v) is 2.93. The summed E-state index contributed by atoms with van der Waals surface area (Å²) in [4.78, 5) is 18.3. The van der Waals surface area contributed by atoms with E-state index in [9.17, 15) is 9.18 Å². The van der Waals surface area contributed by atoms with Crippen LogP contribution in [-0.2, 0) is 0 Å². The summed E-state index contributed by atoms with van der Waals surface area (Å²) < 4.78 is 12.9.